The number of furan rings is 1. The Morgan fingerprint density at radius 3 is 2.61 bits per heavy atom. The highest BCUT2D eigenvalue weighted by Crippen LogP contribution is 2.27. The van der Waals surface area contributed by atoms with E-state index in [1.807, 2.05) is 42.6 Å². The molecule has 4 rings (SSSR count). The molecule has 3 heterocycles. The summed E-state index contributed by atoms with van der Waals surface area (Å²) in [5.74, 6) is 1.52. The average molecular weight is 390 g/mol. The molecule has 1 amide bonds. The minimum absolute atomic E-state index is 0.433. The van der Waals surface area contributed by atoms with Gasteiger partial charge >= 0.3 is 0 Å². The minimum Gasteiger partial charge on any atom is -0.466 e. The van der Waals surface area contributed by atoms with Crippen molar-refractivity contribution in [2.45, 2.75) is 13.3 Å². The fraction of sp³-hybridized carbons (Fsp3) is 0.0952. The van der Waals surface area contributed by atoms with Crippen molar-refractivity contribution in [3.05, 3.63) is 82.9 Å². The summed E-state index contributed by atoms with van der Waals surface area (Å²) in [6.07, 6.45) is 3.98. The van der Waals surface area contributed by atoms with Gasteiger partial charge in [-0.2, -0.15) is 0 Å². The lowest BCUT2D eigenvalue weighted by Crippen LogP contribution is -2.15. The first kappa shape index (κ1) is 17.9. The summed E-state index contributed by atoms with van der Waals surface area (Å²) in [5.41, 5.74) is 8.44. The van der Waals surface area contributed by atoms with Crippen LogP contribution >= 0.6 is 11.3 Å². The van der Waals surface area contributed by atoms with Crippen LogP contribution in [0.5, 0.6) is 0 Å². The second-order valence-corrected chi connectivity index (χ2v) is 7.23. The second kappa shape index (κ2) is 7.66. The lowest BCUT2D eigenvalue weighted by molar-refractivity contribution is 0.0999. The molecule has 6 nitrogen and oxygen atoms in total. The van der Waals surface area contributed by atoms with E-state index in [9.17, 15) is 4.79 Å². The van der Waals surface area contributed by atoms with Crippen molar-refractivity contribution < 1.29 is 9.21 Å². The summed E-state index contributed by atoms with van der Waals surface area (Å²) in [5, 5.41) is 5.21. The van der Waals surface area contributed by atoms with Crippen molar-refractivity contribution in [1.29, 1.82) is 0 Å². The van der Waals surface area contributed by atoms with Gasteiger partial charge in [0.2, 0.25) is 11.9 Å². The molecule has 1 aromatic carbocycles. The Hall–Kier alpha value is -3.45. The summed E-state index contributed by atoms with van der Waals surface area (Å²) in [7, 11) is 0. The molecule has 0 unspecified atom stereocenters. The molecule has 0 bridgehead atoms. The largest absolute Gasteiger partial charge is 0.466 e. The van der Waals surface area contributed by atoms with Crippen LogP contribution in [0, 0.1) is 6.92 Å². The molecule has 4 aromatic rings. The number of aryl methyl sites for hydroxylation is 1. The van der Waals surface area contributed by atoms with Crippen LogP contribution in [-0.4, -0.2) is 15.9 Å². The van der Waals surface area contributed by atoms with E-state index in [0.29, 0.717) is 23.6 Å². The molecule has 3 N–H and O–H groups in total. The smallest absolute Gasteiger partial charge is 0.249 e. The molecular formula is C21H18N4O2S. The van der Waals surface area contributed by atoms with Gasteiger partial charge in [0.15, 0.2) is 0 Å². The molecule has 0 fully saturated rings. The third kappa shape index (κ3) is 3.79. The van der Waals surface area contributed by atoms with Gasteiger partial charge in [-0.3, -0.25) is 4.79 Å². The molecule has 0 aliphatic heterocycles. The Morgan fingerprint density at radius 2 is 1.96 bits per heavy atom. The summed E-state index contributed by atoms with van der Waals surface area (Å²) in [4.78, 5) is 21.8. The van der Waals surface area contributed by atoms with Crippen LogP contribution in [0.15, 0.2) is 64.7 Å². The van der Waals surface area contributed by atoms with Crippen LogP contribution in [0.25, 0.3) is 10.4 Å². The standard InChI is InChI=1S/C21H18N4O2S/c1-13-7-8-15(27-13)10-17-16(20(22)26)4-2-5-18(17)25-21-23-11-14(12-24-21)19-6-3-9-28-19/h2-9,11-12H,10H2,1H3,(H2,22,26)(H,23,24,25). The number of carbonyl (C=O) groups excluding carboxylic acids is 1. The summed E-state index contributed by atoms with van der Waals surface area (Å²) < 4.78 is 5.67. The van der Waals surface area contributed by atoms with Crippen LogP contribution in [-0.2, 0) is 6.42 Å². The number of carbonyl (C=O) groups is 1. The van der Waals surface area contributed by atoms with Gasteiger partial charge in [0.25, 0.3) is 0 Å². The fourth-order valence-electron chi connectivity index (χ4n) is 2.96. The van der Waals surface area contributed by atoms with E-state index in [1.54, 1.807) is 35.9 Å². The number of nitrogens with zero attached hydrogens (tertiary/aromatic N) is 2. The number of nitrogens with one attached hydrogen (secondary N) is 1. The zero-order chi connectivity index (χ0) is 19.5. The van der Waals surface area contributed by atoms with E-state index in [1.165, 1.54) is 0 Å². The van der Waals surface area contributed by atoms with Crippen molar-refractivity contribution in [3.63, 3.8) is 0 Å². The number of hydrogen-bond acceptors (Lipinski definition) is 6. The van der Waals surface area contributed by atoms with E-state index >= 15 is 0 Å². The Bertz CT molecular complexity index is 1100. The molecule has 3 aromatic heterocycles. The van der Waals surface area contributed by atoms with Crippen LogP contribution in [0.3, 0.4) is 0 Å². The quantitative estimate of drug-likeness (QED) is 0.504. The molecular weight excluding hydrogens is 372 g/mol. The van der Waals surface area contributed by atoms with Gasteiger partial charge in [0, 0.05) is 40.5 Å². The zero-order valence-corrected chi connectivity index (χ0v) is 16.0. The van der Waals surface area contributed by atoms with Crippen molar-refractivity contribution in [2.24, 2.45) is 5.73 Å². The molecule has 7 heteroatoms. The summed E-state index contributed by atoms with van der Waals surface area (Å²) >= 11 is 1.63. The highest BCUT2D eigenvalue weighted by Gasteiger charge is 2.15. The van der Waals surface area contributed by atoms with Crippen molar-refractivity contribution >= 4 is 28.9 Å². The topological polar surface area (TPSA) is 94.0 Å². The third-order valence-corrected chi connectivity index (χ3v) is 5.21. The number of primary amides is 1. The molecule has 0 saturated heterocycles. The first-order valence-corrected chi connectivity index (χ1v) is 9.58. The predicted molar refractivity (Wildman–Crippen MR) is 110 cm³/mol. The van der Waals surface area contributed by atoms with Gasteiger partial charge in [0.05, 0.1) is 0 Å². The van der Waals surface area contributed by atoms with E-state index in [-0.39, 0.29) is 0 Å². The van der Waals surface area contributed by atoms with Gasteiger partial charge < -0.3 is 15.5 Å². The van der Waals surface area contributed by atoms with Crippen LogP contribution in [0.1, 0.15) is 27.4 Å². The maximum atomic E-state index is 11.9. The lowest BCUT2D eigenvalue weighted by Gasteiger charge is -2.13. The van der Waals surface area contributed by atoms with Crippen molar-refractivity contribution in [2.75, 3.05) is 5.32 Å². The summed E-state index contributed by atoms with van der Waals surface area (Å²) in [6.45, 7) is 1.88. The zero-order valence-electron chi connectivity index (χ0n) is 15.2. The Kier molecular flexibility index (Phi) is 4.90. The first-order valence-electron chi connectivity index (χ1n) is 8.70. The molecule has 28 heavy (non-hydrogen) atoms. The fourth-order valence-corrected chi connectivity index (χ4v) is 3.67. The molecule has 0 radical (unpaired) electrons. The van der Waals surface area contributed by atoms with E-state index in [2.05, 4.69) is 15.3 Å². The first-order chi connectivity index (χ1) is 13.6. The number of anilines is 2. The number of amides is 1. The number of hydrogen-bond donors (Lipinski definition) is 2. The number of thiophene rings is 1. The van der Waals surface area contributed by atoms with E-state index in [4.69, 9.17) is 10.2 Å². The van der Waals surface area contributed by atoms with Gasteiger partial charge in [-0.25, -0.2) is 9.97 Å². The SMILES string of the molecule is Cc1ccc(Cc2c(Nc3ncc(-c4cccs4)cn3)cccc2C(N)=O)o1. The minimum atomic E-state index is -0.490. The monoisotopic (exact) mass is 390 g/mol. The Morgan fingerprint density at radius 1 is 1.14 bits per heavy atom. The normalized spacial score (nSPS) is 10.8. The Labute approximate surface area is 166 Å². The second-order valence-electron chi connectivity index (χ2n) is 6.28. The predicted octanol–water partition coefficient (Wildman–Crippen LogP) is 4.54. The van der Waals surface area contributed by atoms with Crippen molar-refractivity contribution in [1.82, 2.24) is 9.97 Å². The molecule has 0 atom stereocenters. The van der Waals surface area contributed by atoms with Crippen LogP contribution < -0.4 is 11.1 Å². The average Bonchev–Trinajstić information content (AvgIpc) is 3.35. The van der Waals surface area contributed by atoms with Gasteiger partial charge in [0.1, 0.15) is 11.5 Å². The number of nitrogens with two attached hydrogens (primary N) is 1. The summed E-state index contributed by atoms with van der Waals surface area (Å²) in [6, 6.07) is 13.2. The lowest BCUT2D eigenvalue weighted by atomic mass is 10.0. The van der Waals surface area contributed by atoms with Gasteiger partial charge in [-0.05, 0) is 48.2 Å². The van der Waals surface area contributed by atoms with E-state index in [0.717, 1.165) is 27.5 Å². The van der Waals surface area contributed by atoms with Crippen LogP contribution in [0.2, 0.25) is 0 Å². The maximum Gasteiger partial charge on any atom is 0.249 e. The highest BCUT2D eigenvalue weighted by atomic mass is 32.1. The number of rotatable bonds is 6. The highest BCUT2D eigenvalue weighted by molar-refractivity contribution is 7.13. The van der Waals surface area contributed by atoms with Crippen LogP contribution in [0.4, 0.5) is 11.6 Å². The maximum absolute atomic E-state index is 11.9. The number of aromatic nitrogens is 2. The molecule has 0 aliphatic rings. The molecule has 0 saturated carbocycles. The molecule has 140 valence electrons. The Balaban J connectivity index is 1.65. The molecule has 0 aliphatic carbocycles. The third-order valence-electron chi connectivity index (χ3n) is 4.29. The van der Waals surface area contributed by atoms with Crippen molar-refractivity contribution in [3.8, 4) is 10.4 Å². The van der Waals surface area contributed by atoms with Gasteiger partial charge in [-0.1, -0.05) is 12.1 Å². The molecule has 0 spiro atoms. The van der Waals surface area contributed by atoms with E-state index < -0.39 is 5.91 Å². The van der Waals surface area contributed by atoms with Gasteiger partial charge in [-0.15, -0.1) is 11.3 Å². The number of benzene rings is 1.